The lowest BCUT2D eigenvalue weighted by Gasteiger charge is -2.19. The van der Waals surface area contributed by atoms with Crippen LogP contribution in [0.15, 0.2) is 48.5 Å². The number of amides is 1. The fraction of sp³-hybridized carbons (Fsp3) is 0.286. The van der Waals surface area contributed by atoms with Gasteiger partial charge in [-0.15, -0.1) is 5.10 Å². The highest BCUT2D eigenvalue weighted by molar-refractivity contribution is 6.03. The quantitative estimate of drug-likeness (QED) is 0.756. The second-order valence-electron chi connectivity index (χ2n) is 7.42. The van der Waals surface area contributed by atoms with Gasteiger partial charge in [0, 0.05) is 11.8 Å². The molecule has 0 aliphatic heterocycles. The van der Waals surface area contributed by atoms with Gasteiger partial charge in [0.2, 0.25) is 0 Å². The standard InChI is InChI=1S/C21H24N4O2/c1-14-19(23-24-25(14)17-7-6-8-18(13-17)27-5)20(26)22-16-11-9-15(10-12-16)21(2,3)4/h6-13H,1-5H3,(H,22,26). The van der Waals surface area contributed by atoms with E-state index in [-0.39, 0.29) is 17.0 Å². The van der Waals surface area contributed by atoms with Crippen molar-refractivity contribution in [3.8, 4) is 11.4 Å². The topological polar surface area (TPSA) is 69.0 Å². The van der Waals surface area contributed by atoms with Gasteiger partial charge < -0.3 is 10.1 Å². The van der Waals surface area contributed by atoms with Crippen molar-refractivity contribution in [1.82, 2.24) is 15.0 Å². The summed E-state index contributed by atoms with van der Waals surface area (Å²) in [5.41, 5.74) is 3.74. The summed E-state index contributed by atoms with van der Waals surface area (Å²) in [6.45, 7) is 8.28. The minimum absolute atomic E-state index is 0.0680. The maximum atomic E-state index is 12.6. The monoisotopic (exact) mass is 364 g/mol. The third kappa shape index (κ3) is 4.00. The Bertz CT molecular complexity index is 953. The van der Waals surface area contributed by atoms with Crippen LogP contribution in [0.3, 0.4) is 0 Å². The highest BCUT2D eigenvalue weighted by Crippen LogP contribution is 2.24. The number of hydrogen-bond donors (Lipinski definition) is 1. The molecule has 0 spiro atoms. The maximum absolute atomic E-state index is 12.6. The number of aromatic nitrogens is 3. The molecule has 0 saturated carbocycles. The molecule has 1 N–H and O–H groups in total. The summed E-state index contributed by atoms with van der Waals surface area (Å²) in [6.07, 6.45) is 0. The second-order valence-corrected chi connectivity index (χ2v) is 7.42. The zero-order chi connectivity index (χ0) is 19.6. The second kappa shape index (κ2) is 7.23. The first-order valence-corrected chi connectivity index (χ1v) is 8.78. The Labute approximate surface area is 159 Å². The summed E-state index contributed by atoms with van der Waals surface area (Å²) in [7, 11) is 1.61. The van der Waals surface area contributed by atoms with E-state index < -0.39 is 0 Å². The maximum Gasteiger partial charge on any atom is 0.278 e. The van der Waals surface area contributed by atoms with E-state index in [9.17, 15) is 4.79 Å². The van der Waals surface area contributed by atoms with Crippen LogP contribution in [0, 0.1) is 6.92 Å². The van der Waals surface area contributed by atoms with Crippen molar-refractivity contribution in [1.29, 1.82) is 0 Å². The molecule has 0 fully saturated rings. The number of methoxy groups -OCH3 is 1. The molecule has 0 atom stereocenters. The lowest BCUT2D eigenvalue weighted by atomic mass is 9.87. The first kappa shape index (κ1) is 18.6. The molecule has 1 amide bonds. The SMILES string of the molecule is COc1cccc(-n2nnc(C(=O)Nc3ccc(C(C)(C)C)cc3)c2C)c1. The van der Waals surface area contributed by atoms with E-state index in [2.05, 4.69) is 36.4 Å². The predicted molar refractivity (Wildman–Crippen MR) is 106 cm³/mol. The molecule has 3 rings (SSSR count). The smallest absolute Gasteiger partial charge is 0.278 e. The molecule has 0 bridgehead atoms. The molecule has 27 heavy (non-hydrogen) atoms. The number of hydrogen-bond acceptors (Lipinski definition) is 4. The van der Waals surface area contributed by atoms with Gasteiger partial charge in [-0.2, -0.15) is 0 Å². The largest absolute Gasteiger partial charge is 0.497 e. The highest BCUT2D eigenvalue weighted by Gasteiger charge is 2.18. The van der Waals surface area contributed by atoms with Crippen LogP contribution < -0.4 is 10.1 Å². The van der Waals surface area contributed by atoms with Crippen molar-refractivity contribution in [3.63, 3.8) is 0 Å². The van der Waals surface area contributed by atoms with Crippen LogP contribution in [-0.2, 0) is 5.41 Å². The van der Waals surface area contributed by atoms with Gasteiger partial charge in [0.15, 0.2) is 5.69 Å². The van der Waals surface area contributed by atoms with Gasteiger partial charge in [-0.05, 0) is 42.2 Å². The highest BCUT2D eigenvalue weighted by atomic mass is 16.5. The summed E-state index contributed by atoms with van der Waals surface area (Å²) in [5, 5.41) is 11.1. The lowest BCUT2D eigenvalue weighted by molar-refractivity contribution is 0.102. The fourth-order valence-electron chi connectivity index (χ4n) is 2.77. The number of carbonyl (C=O) groups is 1. The average Bonchev–Trinajstić information content (AvgIpc) is 3.03. The van der Waals surface area contributed by atoms with Crippen LogP contribution in [0.4, 0.5) is 5.69 Å². The number of carbonyl (C=O) groups excluding carboxylic acids is 1. The number of ether oxygens (including phenoxy) is 1. The van der Waals surface area contributed by atoms with Gasteiger partial charge in [-0.3, -0.25) is 4.79 Å². The van der Waals surface area contributed by atoms with Gasteiger partial charge in [-0.1, -0.05) is 44.2 Å². The average molecular weight is 364 g/mol. The van der Waals surface area contributed by atoms with Crippen molar-refractivity contribution in [2.45, 2.75) is 33.1 Å². The van der Waals surface area contributed by atoms with Gasteiger partial charge in [0.05, 0.1) is 18.5 Å². The van der Waals surface area contributed by atoms with E-state index in [1.165, 1.54) is 5.56 Å². The van der Waals surface area contributed by atoms with Gasteiger partial charge in [0.25, 0.3) is 5.91 Å². The summed E-state index contributed by atoms with van der Waals surface area (Å²) in [5.74, 6) is 0.428. The zero-order valence-corrected chi connectivity index (χ0v) is 16.3. The Morgan fingerprint density at radius 2 is 1.81 bits per heavy atom. The Balaban J connectivity index is 1.81. The molecule has 3 aromatic rings. The van der Waals surface area contributed by atoms with Crippen molar-refractivity contribution < 1.29 is 9.53 Å². The Morgan fingerprint density at radius 1 is 1.11 bits per heavy atom. The molecule has 1 heterocycles. The minimum Gasteiger partial charge on any atom is -0.497 e. The molecule has 6 nitrogen and oxygen atoms in total. The van der Waals surface area contributed by atoms with Gasteiger partial charge in [-0.25, -0.2) is 4.68 Å². The Kier molecular flexibility index (Phi) is 4.99. The Hall–Kier alpha value is -3.15. The molecule has 1 aromatic heterocycles. The van der Waals surface area contributed by atoms with Crippen LogP contribution >= 0.6 is 0 Å². The van der Waals surface area contributed by atoms with Crippen molar-refractivity contribution in [2.75, 3.05) is 12.4 Å². The molecule has 0 aliphatic rings. The molecule has 6 heteroatoms. The molecular weight excluding hydrogens is 340 g/mol. The third-order valence-corrected chi connectivity index (χ3v) is 4.42. The molecular formula is C21H24N4O2. The van der Waals surface area contributed by atoms with E-state index >= 15 is 0 Å². The fourth-order valence-corrected chi connectivity index (χ4v) is 2.77. The zero-order valence-electron chi connectivity index (χ0n) is 16.3. The number of benzene rings is 2. The van der Waals surface area contributed by atoms with E-state index in [0.717, 1.165) is 11.4 Å². The van der Waals surface area contributed by atoms with Gasteiger partial charge >= 0.3 is 0 Å². The van der Waals surface area contributed by atoms with Crippen molar-refractivity contribution >= 4 is 11.6 Å². The summed E-state index contributed by atoms with van der Waals surface area (Å²) >= 11 is 0. The van der Waals surface area contributed by atoms with E-state index in [0.29, 0.717) is 11.4 Å². The first-order chi connectivity index (χ1) is 12.8. The summed E-state index contributed by atoms with van der Waals surface area (Å²) in [6, 6.07) is 15.3. The van der Waals surface area contributed by atoms with Crippen molar-refractivity contribution in [2.24, 2.45) is 0 Å². The molecule has 0 saturated heterocycles. The molecule has 2 aromatic carbocycles. The normalized spacial score (nSPS) is 11.3. The van der Waals surface area contributed by atoms with Crippen LogP contribution in [-0.4, -0.2) is 28.0 Å². The molecule has 0 unspecified atom stereocenters. The number of nitrogens with one attached hydrogen (secondary N) is 1. The van der Waals surface area contributed by atoms with Gasteiger partial charge in [0.1, 0.15) is 5.75 Å². The summed E-state index contributed by atoms with van der Waals surface area (Å²) in [4.78, 5) is 12.6. The van der Waals surface area contributed by atoms with E-state index in [1.54, 1.807) is 11.8 Å². The van der Waals surface area contributed by atoms with E-state index in [1.807, 2.05) is 55.5 Å². The summed E-state index contributed by atoms with van der Waals surface area (Å²) < 4.78 is 6.87. The number of nitrogens with zero attached hydrogens (tertiary/aromatic N) is 3. The van der Waals surface area contributed by atoms with Crippen LogP contribution in [0.5, 0.6) is 5.75 Å². The Morgan fingerprint density at radius 3 is 2.44 bits per heavy atom. The third-order valence-electron chi connectivity index (χ3n) is 4.42. The van der Waals surface area contributed by atoms with Crippen LogP contribution in [0.1, 0.15) is 42.5 Å². The number of anilines is 1. The molecule has 0 aliphatic carbocycles. The van der Waals surface area contributed by atoms with Crippen LogP contribution in [0.2, 0.25) is 0 Å². The lowest BCUT2D eigenvalue weighted by Crippen LogP contribution is -2.15. The first-order valence-electron chi connectivity index (χ1n) is 8.78. The molecule has 0 radical (unpaired) electrons. The van der Waals surface area contributed by atoms with E-state index in [4.69, 9.17) is 4.74 Å². The minimum atomic E-state index is -0.287. The van der Waals surface area contributed by atoms with Crippen LogP contribution in [0.25, 0.3) is 5.69 Å². The number of rotatable bonds is 4. The molecule has 140 valence electrons. The predicted octanol–water partition coefficient (Wildman–Crippen LogP) is 4.13. The van der Waals surface area contributed by atoms with Crippen molar-refractivity contribution in [3.05, 3.63) is 65.5 Å².